The number of hydrogen-bond donors (Lipinski definition) is 0. The van der Waals surface area contributed by atoms with Crippen LogP contribution in [-0.4, -0.2) is 14.1 Å². The summed E-state index contributed by atoms with van der Waals surface area (Å²) in [5.74, 6) is 2.05. The van der Waals surface area contributed by atoms with E-state index in [4.69, 9.17) is 9.72 Å². The number of benzene rings is 6. The third-order valence-corrected chi connectivity index (χ3v) is 13.4. The van der Waals surface area contributed by atoms with Crippen molar-refractivity contribution >= 4 is 32.8 Å². The molecule has 4 heterocycles. The molecular formula is C55H48N4OPt-2. The fourth-order valence-corrected chi connectivity index (χ4v) is 10.3. The van der Waals surface area contributed by atoms with Gasteiger partial charge in [0.15, 0.2) is 0 Å². The number of ether oxygens (including phenoxy) is 1. The second-order valence-corrected chi connectivity index (χ2v) is 19.4. The summed E-state index contributed by atoms with van der Waals surface area (Å²) >= 11 is 0. The molecule has 1 aliphatic carbocycles. The van der Waals surface area contributed by atoms with Crippen molar-refractivity contribution in [2.45, 2.75) is 77.0 Å². The van der Waals surface area contributed by atoms with Gasteiger partial charge < -0.3 is 18.4 Å². The van der Waals surface area contributed by atoms with Gasteiger partial charge in [-0.15, -0.1) is 35.2 Å². The molecule has 0 unspecified atom stereocenters. The minimum atomic E-state index is -0.656. The molecule has 0 fully saturated rings. The standard InChI is InChI=1S/C55H48N4O.Pt/c1-52(2,3)34-20-25-40-44(29-34)55(45-30-35(53(4,5)6)21-26-41(45)54(40,7)8)42-27-23-37(32-49(42)58-33-57(9)47-18-14-16-43(55)51(47)58)60-36-22-24-39-38-15-10-11-17-46(38)59(48(39)31-36)50-19-12-13-28-56-50;/h10-30H,1-9H3;/q-2;. The molecule has 0 radical (unpaired) electrons. The zero-order valence-electron chi connectivity index (χ0n) is 36.1. The maximum atomic E-state index is 6.83. The van der Waals surface area contributed by atoms with Gasteiger partial charge in [0.2, 0.25) is 6.33 Å². The zero-order valence-corrected chi connectivity index (χ0v) is 38.4. The molecular weight excluding hydrogens is 928 g/mol. The average Bonchev–Trinajstić information content (AvgIpc) is 3.75. The van der Waals surface area contributed by atoms with Crippen LogP contribution in [0, 0.1) is 18.5 Å². The van der Waals surface area contributed by atoms with Crippen LogP contribution >= 0.6 is 0 Å². The van der Waals surface area contributed by atoms with Gasteiger partial charge in [0, 0.05) is 55.1 Å². The Morgan fingerprint density at radius 2 is 1.26 bits per heavy atom. The first-order chi connectivity index (χ1) is 28.7. The summed E-state index contributed by atoms with van der Waals surface area (Å²) in [6, 6.07) is 51.8. The Balaban J connectivity index is 0.00000445. The number of fused-ring (bicyclic) bond motifs is 11. The van der Waals surface area contributed by atoms with Crippen molar-refractivity contribution < 1.29 is 30.4 Å². The first kappa shape index (κ1) is 39.4. The van der Waals surface area contributed by atoms with E-state index in [-0.39, 0.29) is 37.3 Å². The summed E-state index contributed by atoms with van der Waals surface area (Å²) in [6.07, 6.45) is 5.52. The molecule has 0 N–H and O–H groups in total. The van der Waals surface area contributed by atoms with E-state index in [2.05, 4.69) is 192 Å². The largest absolute Gasteiger partial charge is 0.510 e. The molecule has 0 saturated heterocycles. The SMILES string of the molecule is C[n+]1[c-]n2c3c(cccc31)C1(c3ccc(Oc4[c-]c5c(cc4)c4ccccc4n5-c4ccccn4)[c-]c3-2)c2cc(C(C)(C)C)ccc2C(C)(C)c2ccc(C(C)(C)C)cc21.[Pt]. The normalized spacial score (nSPS) is 14.8. The topological polar surface area (TPSA) is 35.9 Å². The van der Waals surface area contributed by atoms with Crippen LogP contribution in [0.4, 0.5) is 0 Å². The van der Waals surface area contributed by atoms with Crippen LogP contribution in [0.15, 0.2) is 128 Å². The molecule has 6 heteroatoms. The third kappa shape index (κ3) is 5.55. The number of hydrogen-bond acceptors (Lipinski definition) is 2. The Labute approximate surface area is 372 Å². The monoisotopic (exact) mass is 975 g/mol. The molecule has 0 amide bonds. The number of pyridine rings is 1. The molecule has 2 aliphatic rings. The van der Waals surface area contributed by atoms with Crippen molar-refractivity contribution in [2.24, 2.45) is 7.05 Å². The Kier molecular flexibility index (Phi) is 8.62. The fourth-order valence-electron chi connectivity index (χ4n) is 10.3. The maximum Gasteiger partial charge on any atom is 0.242 e. The molecule has 0 bridgehead atoms. The minimum Gasteiger partial charge on any atom is -0.510 e. The van der Waals surface area contributed by atoms with Gasteiger partial charge >= 0.3 is 0 Å². The molecule has 0 atom stereocenters. The molecule has 1 aliphatic heterocycles. The first-order valence-corrected chi connectivity index (χ1v) is 21.0. The Morgan fingerprint density at radius 3 is 1.93 bits per heavy atom. The summed E-state index contributed by atoms with van der Waals surface area (Å²) in [5.41, 5.74) is 14.5. The van der Waals surface area contributed by atoms with Crippen LogP contribution < -0.4 is 9.30 Å². The summed E-state index contributed by atoms with van der Waals surface area (Å²) < 4.78 is 13.3. The van der Waals surface area contributed by atoms with Crippen molar-refractivity contribution in [3.63, 3.8) is 0 Å². The fraction of sp³-hybridized carbons (Fsp3) is 0.236. The van der Waals surface area contributed by atoms with Crippen LogP contribution in [0.3, 0.4) is 0 Å². The number of aromatic nitrogens is 4. The van der Waals surface area contributed by atoms with Crippen LogP contribution in [0.2, 0.25) is 0 Å². The predicted octanol–water partition coefficient (Wildman–Crippen LogP) is 12.1. The number of para-hydroxylation sites is 2. The van der Waals surface area contributed by atoms with Crippen LogP contribution in [0.1, 0.15) is 99.9 Å². The molecule has 6 aromatic carbocycles. The number of imidazole rings is 1. The van der Waals surface area contributed by atoms with Gasteiger partial charge in [-0.2, -0.15) is 12.1 Å². The second kappa shape index (κ2) is 13.4. The molecule has 5 nitrogen and oxygen atoms in total. The average molecular weight is 976 g/mol. The molecule has 1 spiro atoms. The van der Waals surface area contributed by atoms with Gasteiger partial charge in [0.1, 0.15) is 5.82 Å². The van der Waals surface area contributed by atoms with Gasteiger partial charge in [0.05, 0.1) is 18.1 Å². The summed E-state index contributed by atoms with van der Waals surface area (Å²) in [4.78, 5) is 4.73. The Morgan fingerprint density at radius 1 is 0.623 bits per heavy atom. The van der Waals surface area contributed by atoms with Crippen LogP contribution in [0.5, 0.6) is 11.5 Å². The molecule has 11 rings (SSSR count). The molecule has 306 valence electrons. The van der Waals surface area contributed by atoms with Crippen LogP contribution in [0.25, 0.3) is 44.3 Å². The van der Waals surface area contributed by atoms with Gasteiger partial charge in [-0.05, 0) is 73.4 Å². The van der Waals surface area contributed by atoms with E-state index in [1.165, 1.54) is 38.9 Å². The van der Waals surface area contributed by atoms with E-state index in [0.29, 0.717) is 11.5 Å². The third-order valence-electron chi connectivity index (χ3n) is 13.4. The second-order valence-electron chi connectivity index (χ2n) is 19.4. The van der Waals surface area contributed by atoms with Crippen molar-refractivity contribution in [3.8, 4) is 23.0 Å². The van der Waals surface area contributed by atoms with Gasteiger partial charge in [0.25, 0.3) is 0 Å². The van der Waals surface area contributed by atoms with Crippen molar-refractivity contribution in [2.75, 3.05) is 0 Å². The number of aryl methyl sites for hydroxylation is 1. The van der Waals surface area contributed by atoms with Gasteiger partial charge in [-0.3, -0.25) is 0 Å². The summed E-state index contributed by atoms with van der Waals surface area (Å²) in [5, 5.41) is 2.24. The molecule has 0 saturated carbocycles. The van der Waals surface area contributed by atoms with E-state index in [1.54, 1.807) is 0 Å². The van der Waals surface area contributed by atoms with E-state index in [0.717, 1.165) is 49.9 Å². The molecule has 61 heavy (non-hydrogen) atoms. The van der Waals surface area contributed by atoms with E-state index >= 15 is 0 Å². The number of nitrogens with zero attached hydrogens (tertiary/aromatic N) is 4. The number of rotatable bonds is 3. The summed E-state index contributed by atoms with van der Waals surface area (Å²) in [6.45, 7) is 18.7. The summed E-state index contributed by atoms with van der Waals surface area (Å²) in [7, 11) is 2.09. The van der Waals surface area contributed by atoms with Crippen LogP contribution in [-0.2, 0) is 49.8 Å². The first-order valence-electron chi connectivity index (χ1n) is 21.0. The Bertz CT molecular complexity index is 3180. The zero-order chi connectivity index (χ0) is 41.5. The predicted molar refractivity (Wildman–Crippen MR) is 241 cm³/mol. The van der Waals surface area contributed by atoms with E-state index in [9.17, 15) is 0 Å². The quantitative estimate of drug-likeness (QED) is 0.131. The van der Waals surface area contributed by atoms with Crippen molar-refractivity contribution in [3.05, 3.63) is 190 Å². The van der Waals surface area contributed by atoms with E-state index < -0.39 is 5.41 Å². The molecule has 3 aromatic heterocycles. The Hall–Kier alpha value is -5.77. The van der Waals surface area contributed by atoms with Crippen molar-refractivity contribution in [1.82, 2.24) is 14.1 Å². The van der Waals surface area contributed by atoms with Gasteiger partial charge in [-0.1, -0.05) is 145 Å². The van der Waals surface area contributed by atoms with E-state index in [1.807, 2.05) is 30.5 Å². The van der Waals surface area contributed by atoms with Gasteiger partial charge in [-0.25, -0.2) is 4.98 Å². The van der Waals surface area contributed by atoms with Crippen molar-refractivity contribution in [1.29, 1.82) is 0 Å². The maximum absolute atomic E-state index is 6.83. The molecule has 9 aromatic rings. The smallest absolute Gasteiger partial charge is 0.242 e. The minimum absolute atomic E-state index is 0.